The number of benzene rings is 1. The molecule has 0 aromatic heterocycles. The number of aryl methyl sites for hydroxylation is 2. The van der Waals surface area contributed by atoms with Crippen LogP contribution in [0.4, 0.5) is 0 Å². The van der Waals surface area contributed by atoms with Gasteiger partial charge in [0.15, 0.2) is 0 Å². The summed E-state index contributed by atoms with van der Waals surface area (Å²) in [6, 6.07) is 4.64. The number of hydrogen-bond acceptors (Lipinski definition) is 0. The van der Waals surface area contributed by atoms with E-state index in [9.17, 15) is 0 Å². The van der Waals surface area contributed by atoms with Crippen LogP contribution in [-0.2, 0) is 0 Å². The molecule has 1 aromatic rings. The molecular formula is C31H56. The van der Waals surface area contributed by atoms with Gasteiger partial charge in [-0.3, -0.25) is 0 Å². The standard InChI is InChI=1S/C24H36.C3H8.2C2H6/c1-17-5-10-22(11-6-17)23-12-7-21(8-13-23)9-14-24-16-18(2)15-19(3)20(24)4;1-3-2;2*1-2/h9,14-17,21-23H,5-8,10-13H2,1-4H3;3H2,1-2H3;2*1-2H3. The highest BCUT2D eigenvalue weighted by Crippen LogP contribution is 2.41. The van der Waals surface area contributed by atoms with Gasteiger partial charge in [-0.05, 0) is 99.7 Å². The molecule has 0 atom stereocenters. The molecular weight excluding hydrogens is 372 g/mol. The van der Waals surface area contributed by atoms with Crippen LogP contribution in [0.15, 0.2) is 18.2 Å². The smallest absolute Gasteiger partial charge is 0.0225 e. The Balaban J connectivity index is 0.00000116. The maximum Gasteiger partial charge on any atom is -0.0225 e. The molecule has 3 rings (SSSR count). The molecule has 0 heterocycles. The molecule has 2 fully saturated rings. The Morgan fingerprint density at radius 1 is 0.742 bits per heavy atom. The second-order valence-electron chi connectivity index (χ2n) is 9.56. The minimum Gasteiger partial charge on any atom is -0.0808 e. The van der Waals surface area contributed by atoms with Crippen LogP contribution >= 0.6 is 0 Å². The maximum atomic E-state index is 2.51. The molecule has 0 aliphatic heterocycles. The molecule has 0 unspecified atom stereocenters. The lowest BCUT2D eigenvalue weighted by Gasteiger charge is -2.36. The highest BCUT2D eigenvalue weighted by Gasteiger charge is 2.29. The van der Waals surface area contributed by atoms with Gasteiger partial charge in [-0.2, -0.15) is 0 Å². The predicted molar refractivity (Wildman–Crippen MR) is 145 cm³/mol. The molecule has 0 amide bonds. The molecule has 0 heteroatoms. The predicted octanol–water partition coefficient (Wildman–Crippen LogP) is 10.7. The van der Waals surface area contributed by atoms with Crippen LogP contribution in [0, 0.1) is 44.4 Å². The van der Waals surface area contributed by atoms with E-state index in [1.807, 2.05) is 27.7 Å². The zero-order valence-electron chi connectivity index (χ0n) is 23.0. The van der Waals surface area contributed by atoms with Gasteiger partial charge in [-0.1, -0.05) is 97.6 Å². The van der Waals surface area contributed by atoms with Crippen molar-refractivity contribution in [3.05, 3.63) is 40.5 Å². The molecule has 1 aromatic carbocycles. The molecule has 0 radical (unpaired) electrons. The van der Waals surface area contributed by atoms with E-state index in [4.69, 9.17) is 0 Å². The van der Waals surface area contributed by atoms with E-state index in [1.165, 1.54) is 80.0 Å². The summed E-state index contributed by atoms with van der Waals surface area (Å²) in [6.07, 6.45) is 17.9. The monoisotopic (exact) mass is 428 g/mol. The van der Waals surface area contributed by atoms with E-state index in [2.05, 4.69) is 65.8 Å². The van der Waals surface area contributed by atoms with Gasteiger partial charge in [0.25, 0.3) is 0 Å². The molecule has 0 spiro atoms. The fraction of sp³-hybridized carbons (Fsp3) is 0.742. The van der Waals surface area contributed by atoms with Crippen molar-refractivity contribution >= 4 is 6.08 Å². The second-order valence-corrected chi connectivity index (χ2v) is 9.56. The van der Waals surface area contributed by atoms with Crippen LogP contribution in [0.2, 0.25) is 0 Å². The Bertz CT molecular complexity index is 578. The van der Waals surface area contributed by atoms with Crippen molar-refractivity contribution in [2.45, 2.75) is 127 Å². The van der Waals surface area contributed by atoms with Crippen LogP contribution in [0.5, 0.6) is 0 Å². The highest BCUT2D eigenvalue weighted by molar-refractivity contribution is 5.57. The lowest BCUT2D eigenvalue weighted by Crippen LogP contribution is -2.24. The van der Waals surface area contributed by atoms with Gasteiger partial charge in [0.1, 0.15) is 0 Å². The van der Waals surface area contributed by atoms with E-state index >= 15 is 0 Å². The van der Waals surface area contributed by atoms with Gasteiger partial charge >= 0.3 is 0 Å². The van der Waals surface area contributed by atoms with Gasteiger partial charge in [0.2, 0.25) is 0 Å². The van der Waals surface area contributed by atoms with E-state index in [1.54, 1.807) is 0 Å². The molecule has 180 valence electrons. The van der Waals surface area contributed by atoms with Gasteiger partial charge in [0, 0.05) is 0 Å². The first-order chi connectivity index (χ1) is 14.9. The third kappa shape index (κ3) is 10.9. The zero-order valence-corrected chi connectivity index (χ0v) is 23.0. The largest absolute Gasteiger partial charge is 0.0808 e. The first-order valence-corrected chi connectivity index (χ1v) is 13.7. The summed E-state index contributed by atoms with van der Waals surface area (Å²) in [5.41, 5.74) is 5.68. The molecule has 0 N–H and O–H groups in total. The van der Waals surface area contributed by atoms with Gasteiger partial charge < -0.3 is 0 Å². The van der Waals surface area contributed by atoms with Crippen LogP contribution in [0.25, 0.3) is 6.08 Å². The molecule has 2 aliphatic rings. The fourth-order valence-electron chi connectivity index (χ4n) is 5.05. The van der Waals surface area contributed by atoms with Crippen molar-refractivity contribution in [2.24, 2.45) is 23.7 Å². The van der Waals surface area contributed by atoms with E-state index in [0.29, 0.717) is 0 Å². The Morgan fingerprint density at radius 2 is 1.19 bits per heavy atom. The number of rotatable bonds is 3. The molecule has 2 aliphatic carbocycles. The third-order valence-electron chi connectivity index (χ3n) is 6.94. The van der Waals surface area contributed by atoms with Crippen molar-refractivity contribution in [1.29, 1.82) is 0 Å². The Labute approximate surface area is 197 Å². The average molecular weight is 429 g/mol. The second kappa shape index (κ2) is 17.5. The Morgan fingerprint density at radius 3 is 1.68 bits per heavy atom. The summed E-state index contributed by atoms with van der Waals surface area (Å²) in [6.45, 7) is 21.4. The molecule has 0 nitrogen and oxygen atoms in total. The minimum atomic E-state index is 0.809. The number of allylic oxidation sites excluding steroid dienone is 1. The first kappa shape index (κ1) is 30.0. The Hall–Kier alpha value is -1.04. The summed E-state index contributed by atoms with van der Waals surface area (Å²) in [5.74, 6) is 3.88. The lowest BCUT2D eigenvalue weighted by molar-refractivity contribution is 0.160. The fourth-order valence-corrected chi connectivity index (χ4v) is 5.05. The van der Waals surface area contributed by atoms with Crippen LogP contribution in [-0.4, -0.2) is 0 Å². The van der Waals surface area contributed by atoms with Crippen molar-refractivity contribution in [3.8, 4) is 0 Å². The van der Waals surface area contributed by atoms with E-state index in [0.717, 1.165) is 23.7 Å². The van der Waals surface area contributed by atoms with E-state index in [-0.39, 0.29) is 0 Å². The van der Waals surface area contributed by atoms with Crippen molar-refractivity contribution in [3.63, 3.8) is 0 Å². The minimum absolute atomic E-state index is 0.809. The SMILES string of the molecule is CC.CC.CCC.Cc1cc(C)c(C)c(C=CC2CCC(C3CCC(C)CC3)CC2)c1. The number of hydrogen-bond donors (Lipinski definition) is 0. The summed E-state index contributed by atoms with van der Waals surface area (Å²) in [4.78, 5) is 0. The molecule has 31 heavy (non-hydrogen) atoms. The summed E-state index contributed by atoms with van der Waals surface area (Å²) < 4.78 is 0. The summed E-state index contributed by atoms with van der Waals surface area (Å²) in [7, 11) is 0. The highest BCUT2D eigenvalue weighted by atomic mass is 14.3. The molecule has 2 saturated carbocycles. The van der Waals surface area contributed by atoms with E-state index < -0.39 is 0 Å². The summed E-state index contributed by atoms with van der Waals surface area (Å²) >= 11 is 0. The van der Waals surface area contributed by atoms with Crippen LogP contribution in [0.3, 0.4) is 0 Å². The average Bonchev–Trinajstić information content (AvgIpc) is 2.79. The van der Waals surface area contributed by atoms with Gasteiger partial charge in [0.05, 0.1) is 0 Å². The molecule has 0 bridgehead atoms. The van der Waals surface area contributed by atoms with Crippen molar-refractivity contribution in [1.82, 2.24) is 0 Å². The van der Waals surface area contributed by atoms with Gasteiger partial charge in [-0.15, -0.1) is 0 Å². The first-order valence-electron chi connectivity index (χ1n) is 13.7. The summed E-state index contributed by atoms with van der Waals surface area (Å²) in [5, 5.41) is 0. The topological polar surface area (TPSA) is 0 Å². The zero-order chi connectivity index (χ0) is 23.8. The van der Waals surface area contributed by atoms with Crippen LogP contribution in [0.1, 0.15) is 129 Å². The third-order valence-corrected chi connectivity index (χ3v) is 6.94. The normalized spacial score (nSPS) is 25.4. The lowest BCUT2D eigenvalue weighted by atomic mass is 9.69. The maximum absolute atomic E-state index is 2.51. The quantitative estimate of drug-likeness (QED) is 0.449. The van der Waals surface area contributed by atoms with Gasteiger partial charge in [-0.25, -0.2) is 0 Å². The van der Waals surface area contributed by atoms with Crippen LogP contribution < -0.4 is 0 Å². The molecule has 0 saturated heterocycles. The Kier molecular flexibility index (Phi) is 16.9. The van der Waals surface area contributed by atoms with Crippen molar-refractivity contribution < 1.29 is 0 Å². The van der Waals surface area contributed by atoms with Crippen molar-refractivity contribution in [2.75, 3.05) is 0 Å².